The number of carbonyl (C=O) groups excluding carboxylic acids is 3. The summed E-state index contributed by atoms with van der Waals surface area (Å²) in [7, 11) is -1.71. The van der Waals surface area contributed by atoms with Crippen LogP contribution in [0.2, 0.25) is 0 Å². The van der Waals surface area contributed by atoms with Gasteiger partial charge >= 0.3 is 16.1 Å². The van der Waals surface area contributed by atoms with E-state index in [9.17, 15) is 22.8 Å². The number of β-lactam (4-membered cyclic amide) rings is 1. The monoisotopic (exact) mass is 761 g/mol. The molecule has 0 radical (unpaired) electrons. The third kappa shape index (κ3) is 8.92. The number of esters is 1. The van der Waals surface area contributed by atoms with Crippen LogP contribution in [-0.2, 0) is 33.4 Å². The molecule has 1 aromatic heterocycles. The van der Waals surface area contributed by atoms with Gasteiger partial charge < -0.3 is 19.0 Å². The second kappa shape index (κ2) is 16.0. The van der Waals surface area contributed by atoms with Gasteiger partial charge in [-0.15, -0.1) is 11.3 Å². The van der Waals surface area contributed by atoms with Crippen molar-refractivity contribution < 1.29 is 36.5 Å². The number of aromatic nitrogens is 1. The average Bonchev–Trinajstić information content (AvgIpc) is 3.55. The summed E-state index contributed by atoms with van der Waals surface area (Å²) in [5.74, 6) is -2.15. The molecule has 2 atom stereocenters. The van der Waals surface area contributed by atoms with E-state index in [2.05, 4.69) is 10.3 Å². The highest BCUT2D eigenvalue weighted by Gasteiger charge is 2.53. The van der Waals surface area contributed by atoms with Crippen molar-refractivity contribution in [3.63, 3.8) is 0 Å². The van der Waals surface area contributed by atoms with Crippen molar-refractivity contribution in [2.24, 2.45) is 0 Å². The summed E-state index contributed by atoms with van der Waals surface area (Å²) >= 11 is 1.44. The number of allylic oxidation sites excluding steroid dienone is 1. The molecule has 15 heteroatoms. The summed E-state index contributed by atoms with van der Waals surface area (Å²) in [6, 6.07) is 33.2. The molecule has 0 bridgehead atoms. The van der Waals surface area contributed by atoms with Crippen molar-refractivity contribution in [1.29, 1.82) is 0 Å². The zero-order valence-electron chi connectivity index (χ0n) is 27.2. The lowest BCUT2D eigenvalue weighted by molar-refractivity contribution is -0.155. The second-order valence-electron chi connectivity index (χ2n) is 11.2. The standard InChI is InChI=1S/C36H31N3O8S4/c1-23(47-51(2,43)44)31(35(42)46-32(24-14-6-3-7-15-24)25-16-8-4-9-17-25)39-33(41)30(38-29(40)22-45-26-18-10-5-11-19-26)34(39)49-50-36-37-27-20-12-13-21-28(27)48-36/h3-21,30,32,34H,22H2,1-2H3,(H,38,40)/b31-23+. The zero-order valence-corrected chi connectivity index (χ0v) is 30.5. The quantitative estimate of drug-likeness (QED) is 0.0340. The molecule has 262 valence electrons. The number of hydrogen-bond donors (Lipinski definition) is 1. The lowest BCUT2D eigenvalue weighted by Gasteiger charge is -2.46. The van der Waals surface area contributed by atoms with E-state index in [0.717, 1.165) is 21.4 Å². The maximum absolute atomic E-state index is 14.3. The van der Waals surface area contributed by atoms with E-state index in [0.29, 0.717) is 21.2 Å². The number of benzene rings is 4. The van der Waals surface area contributed by atoms with Crippen LogP contribution in [-0.4, -0.2) is 60.4 Å². The fraction of sp³-hybridized carbons (Fsp3) is 0.167. The fourth-order valence-electron chi connectivity index (χ4n) is 5.22. The van der Waals surface area contributed by atoms with Gasteiger partial charge in [0, 0.05) is 0 Å². The molecule has 0 spiro atoms. The van der Waals surface area contributed by atoms with Crippen LogP contribution in [0.4, 0.5) is 0 Å². The number of likely N-dealkylation sites (tertiary alicyclic amines) is 1. The zero-order chi connectivity index (χ0) is 36.0. The Morgan fingerprint density at radius 2 is 1.49 bits per heavy atom. The van der Waals surface area contributed by atoms with Gasteiger partial charge in [0.15, 0.2) is 22.7 Å². The molecule has 1 aliphatic rings. The highest BCUT2D eigenvalue weighted by molar-refractivity contribution is 8.77. The van der Waals surface area contributed by atoms with Crippen LogP contribution < -0.4 is 10.1 Å². The summed E-state index contributed by atoms with van der Waals surface area (Å²) in [5.41, 5.74) is 1.67. The molecule has 5 aromatic rings. The average molecular weight is 762 g/mol. The second-order valence-corrected chi connectivity index (χ2v) is 16.3. The number of thiazole rings is 1. The molecule has 0 aliphatic carbocycles. The van der Waals surface area contributed by atoms with Crippen LogP contribution in [0.5, 0.6) is 5.75 Å². The molecule has 51 heavy (non-hydrogen) atoms. The van der Waals surface area contributed by atoms with Gasteiger partial charge in [0.1, 0.15) is 22.9 Å². The number of nitrogens with one attached hydrogen (secondary N) is 1. The van der Waals surface area contributed by atoms with Gasteiger partial charge in [-0.05, 0) is 53.1 Å². The number of para-hydroxylation sites is 2. The smallest absolute Gasteiger partial charge is 0.359 e. The maximum Gasteiger partial charge on any atom is 0.359 e. The van der Waals surface area contributed by atoms with E-state index in [1.807, 2.05) is 42.5 Å². The molecule has 11 nitrogen and oxygen atoms in total. The van der Waals surface area contributed by atoms with Crippen LogP contribution in [0.25, 0.3) is 10.2 Å². The minimum absolute atomic E-state index is 0.368. The van der Waals surface area contributed by atoms with Crippen molar-refractivity contribution >= 4 is 71.0 Å². The highest BCUT2D eigenvalue weighted by Crippen LogP contribution is 2.46. The summed E-state index contributed by atoms with van der Waals surface area (Å²) in [6.45, 7) is 0.903. The van der Waals surface area contributed by atoms with Crippen LogP contribution >= 0.6 is 32.9 Å². The lowest BCUT2D eigenvalue weighted by Crippen LogP contribution is -2.69. The van der Waals surface area contributed by atoms with Crippen LogP contribution in [0, 0.1) is 0 Å². The van der Waals surface area contributed by atoms with E-state index in [1.165, 1.54) is 39.8 Å². The Bertz CT molecular complexity index is 2090. The lowest BCUT2D eigenvalue weighted by atomic mass is 10.0. The van der Waals surface area contributed by atoms with Gasteiger partial charge in [-0.25, -0.2) is 9.78 Å². The number of fused-ring (bicyclic) bond motifs is 1. The summed E-state index contributed by atoms with van der Waals surface area (Å²) < 4.78 is 43.1. The van der Waals surface area contributed by atoms with Crippen molar-refractivity contribution in [1.82, 2.24) is 15.2 Å². The summed E-state index contributed by atoms with van der Waals surface area (Å²) in [4.78, 5) is 47.0. The van der Waals surface area contributed by atoms with E-state index < -0.39 is 51.1 Å². The first-order chi connectivity index (χ1) is 24.6. The topological polar surface area (TPSA) is 141 Å². The first kappa shape index (κ1) is 36.0. The summed E-state index contributed by atoms with van der Waals surface area (Å²) in [6.07, 6.45) is -0.0785. The number of hydrogen-bond acceptors (Lipinski definition) is 12. The van der Waals surface area contributed by atoms with Gasteiger partial charge in [-0.3, -0.25) is 14.5 Å². The molecule has 2 unspecified atom stereocenters. The van der Waals surface area contributed by atoms with Crippen LogP contribution in [0.15, 0.2) is 131 Å². The Morgan fingerprint density at radius 1 is 0.902 bits per heavy atom. The van der Waals surface area contributed by atoms with Gasteiger partial charge in [0.2, 0.25) is 0 Å². The molecule has 1 saturated heterocycles. The van der Waals surface area contributed by atoms with Crippen molar-refractivity contribution in [2.45, 2.75) is 28.8 Å². The van der Waals surface area contributed by atoms with E-state index in [1.54, 1.807) is 72.8 Å². The molecule has 1 fully saturated rings. The third-order valence-corrected chi connectivity index (χ3v) is 12.0. The Morgan fingerprint density at radius 3 is 2.10 bits per heavy atom. The highest BCUT2D eigenvalue weighted by atomic mass is 33.1. The fourth-order valence-corrected chi connectivity index (χ4v) is 9.67. The molecule has 1 aliphatic heterocycles. The largest absolute Gasteiger partial charge is 0.484 e. The Hall–Kier alpha value is -4.83. The van der Waals surface area contributed by atoms with Crippen LogP contribution in [0.3, 0.4) is 0 Å². The number of nitrogens with zero attached hydrogens (tertiary/aromatic N) is 2. The van der Waals surface area contributed by atoms with Crippen molar-refractivity contribution in [3.05, 3.63) is 138 Å². The molecule has 1 N–H and O–H groups in total. The van der Waals surface area contributed by atoms with E-state index in [-0.39, 0.29) is 12.4 Å². The normalized spacial score (nSPS) is 16.3. The first-order valence-corrected chi connectivity index (χ1v) is 20.3. The SMILES string of the molecule is C/C(OS(C)(=O)=O)=C(/C(=O)OC(c1ccccc1)c1ccccc1)N1C(=O)C(NC(=O)COc2ccccc2)C1SSc1nc2ccccc2s1. The summed E-state index contributed by atoms with van der Waals surface area (Å²) in [5, 5.41) is 1.80. The van der Waals surface area contributed by atoms with Gasteiger partial charge in [0.25, 0.3) is 11.8 Å². The minimum Gasteiger partial charge on any atom is -0.484 e. The predicted molar refractivity (Wildman–Crippen MR) is 197 cm³/mol. The van der Waals surface area contributed by atoms with Crippen LogP contribution in [0.1, 0.15) is 24.2 Å². The Kier molecular flexibility index (Phi) is 11.3. The van der Waals surface area contributed by atoms with E-state index in [4.69, 9.17) is 13.7 Å². The Balaban J connectivity index is 1.32. The third-order valence-electron chi connectivity index (χ3n) is 7.44. The first-order valence-electron chi connectivity index (χ1n) is 15.5. The minimum atomic E-state index is -4.13. The molecular weight excluding hydrogens is 731 g/mol. The maximum atomic E-state index is 14.3. The molecule has 2 amide bonds. The van der Waals surface area contributed by atoms with Crippen molar-refractivity contribution in [3.8, 4) is 5.75 Å². The molecule has 0 saturated carbocycles. The Labute approximate surface area is 306 Å². The molecular formula is C36H31N3O8S4. The van der Waals surface area contributed by atoms with Crippen molar-refractivity contribution in [2.75, 3.05) is 12.9 Å². The predicted octanol–water partition coefficient (Wildman–Crippen LogP) is 6.31. The van der Waals surface area contributed by atoms with Gasteiger partial charge in [0.05, 0.1) is 16.5 Å². The number of amides is 2. The number of carbonyl (C=O) groups is 3. The number of rotatable bonds is 14. The molecule has 4 aromatic carbocycles. The van der Waals surface area contributed by atoms with Gasteiger partial charge in [-0.2, -0.15) is 8.42 Å². The molecule has 6 rings (SSSR count). The number of ether oxygens (including phenoxy) is 2. The van der Waals surface area contributed by atoms with Gasteiger partial charge in [-0.1, -0.05) is 102 Å². The van der Waals surface area contributed by atoms with E-state index >= 15 is 0 Å². The molecule has 2 heterocycles.